The summed E-state index contributed by atoms with van der Waals surface area (Å²) in [6.45, 7) is 8.22. The van der Waals surface area contributed by atoms with E-state index >= 15 is 0 Å². The number of aliphatic hydroxyl groups is 4. The van der Waals surface area contributed by atoms with Crippen LogP contribution >= 0.6 is 0 Å². The van der Waals surface area contributed by atoms with Gasteiger partial charge in [0.1, 0.15) is 12.7 Å². The fourth-order valence-electron chi connectivity index (χ4n) is 3.71. The molecule has 2 aliphatic rings. The molecular weight excluding hydrogens is 382 g/mol. The minimum atomic E-state index is -2.02. The van der Waals surface area contributed by atoms with Crippen molar-refractivity contribution in [3.8, 4) is 0 Å². The van der Waals surface area contributed by atoms with E-state index in [1.807, 2.05) is 6.08 Å². The Morgan fingerprint density at radius 3 is 2.31 bits per heavy atom. The Morgan fingerprint density at radius 2 is 1.79 bits per heavy atom. The number of ether oxygens (including phenoxy) is 2. The summed E-state index contributed by atoms with van der Waals surface area (Å²) in [6, 6.07) is -0.310. The van der Waals surface area contributed by atoms with E-state index in [-0.39, 0.29) is 12.6 Å². The summed E-state index contributed by atoms with van der Waals surface area (Å²) in [4.78, 5) is 26.8. The molecule has 0 saturated carbocycles. The number of fused-ring (bicyclic) bond motifs is 1. The van der Waals surface area contributed by atoms with Crippen molar-refractivity contribution in [1.29, 1.82) is 0 Å². The monoisotopic (exact) mass is 415 g/mol. The van der Waals surface area contributed by atoms with Gasteiger partial charge in [0.2, 0.25) is 0 Å². The van der Waals surface area contributed by atoms with Crippen molar-refractivity contribution in [3.05, 3.63) is 11.6 Å². The highest BCUT2D eigenvalue weighted by Crippen LogP contribution is 2.33. The normalized spacial score (nSPS) is 28.1. The fourth-order valence-corrected chi connectivity index (χ4v) is 3.71. The number of esters is 2. The van der Waals surface area contributed by atoms with Gasteiger partial charge in [0.15, 0.2) is 11.2 Å². The molecule has 1 fully saturated rings. The molecule has 6 atom stereocenters. The van der Waals surface area contributed by atoms with Crippen LogP contribution in [0.3, 0.4) is 0 Å². The van der Waals surface area contributed by atoms with Crippen LogP contribution < -0.4 is 0 Å². The van der Waals surface area contributed by atoms with E-state index in [0.717, 1.165) is 5.57 Å². The van der Waals surface area contributed by atoms with Gasteiger partial charge in [0.05, 0.1) is 18.2 Å². The van der Waals surface area contributed by atoms with Crippen LogP contribution in [0.25, 0.3) is 0 Å². The summed E-state index contributed by atoms with van der Waals surface area (Å²) in [5.41, 5.74) is -3.31. The Morgan fingerprint density at radius 1 is 1.17 bits per heavy atom. The molecule has 166 valence electrons. The van der Waals surface area contributed by atoms with Crippen molar-refractivity contribution in [3.63, 3.8) is 0 Å². The van der Waals surface area contributed by atoms with Crippen LogP contribution in [0.15, 0.2) is 11.6 Å². The number of carbonyl (C=O) groups excluding carboxylic acids is 2. The van der Waals surface area contributed by atoms with Crippen LogP contribution in [0.2, 0.25) is 0 Å². The van der Waals surface area contributed by atoms with Crippen molar-refractivity contribution in [1.82, 2.24) is 4.90 Å². The Hall–Kier alpha value is -1.52. The first kappa shape index (κ1) is 23.8. The van der Waals surface area contributed by atoms with Crippen LogP contribution in [0.1, 0.15) is 41.0 Å². The van der Waals surface area contributed by atoms with Gasteiger partial charge in [0, 0.05) is 13.1 Å². The van der Waals surface area contributed by atoms with Crippen LogP contribution in [-0.2, 0) is 19.1 Å². The zero-order chi connectivity index (χ0) is 22.1. The number of rotatable bonds is 8. The van der Waals surface area contributed by atoms with E-state index in [1.54, 1.807) is 13.8 Å². The van der Waals surface area contributed by atoms with Gasteiger partial charge in [-0.05, 0) is 38.7 Å². The SMILES string of the molecule is CC(O)C(C)(O)C(=O)OC1CCN2CC=C(COC(=O)C(O)(C(C)C)C(C)O)C12. The third-order valence-corrected chi connectivity index (χ3v) is 6.11. The maximum absolute atomic E-state index is 12.4. The molecule has 9 nitrogen and oxygen atoms in total. The summed E-state index contributed by atoms with van der Waals surface area (Å²) in [5.74, 6) is -2.37. The van der Waals surface area contributed by atoms with E-state index < -0.39 is 47.4 Å². The van der Waals surface area contributed by atoms with Crippen LogP contribution in [0, 0.1) is 5.92 Å². The van der Waals surface area contributed by atoms with Gasteiger partial charge in [-0.15, -0.1) is 0 Å². The number of hydrogen-bond acceptors (Lipinski definition) is 9. The van der Waals surface area contributed by atoms with Gasteiger partial charge < -0.3 is 29.9 Å². The second kappa shape index (κ2) is 8.69. The number of nitrogens with zero attached hydrogens (tertiary/aromatic N) is 1. The fraction of sp³-hybridized carbons (Fsp3) is 0.800. The molecule has 0 aliphatic carbocycles. The molecule has 0 radical (unpaired) electrons. The third-order valence-electron chi connectivity index (χ3n) is 6.11. The van der Waals surface area contributed by atoms with Crippen LogP contribution in [0.5, 0.6) is 0 Å². The van der Waals surface area contributed by atoms with Crippen molar-refractivity contribution in [2.24, 2.45) is 5.92 Å². The Balaban J connectivity index is 2.05. The molecule has 4 N–H and O–H groups in total. The average molecular weight is 415 g/mol. The van der Waals surface area contributed by atoms with Crippen molar-refractivity contribution in [2.75, 3.05) is 19.7 Å². The summed E-state index contributed by atoms with van der Waals surface area (Å²) in [6.07, 6.45) is -0.725. The predicted octanol–water partition coefficient (Wildman–Crippen LogP) is -0.645. The predicted molar refractivity (Wildman–Crippen MR) is 103 cm³/mol. The quantitative estimate of drug-likeness (QED) is 0.301. The molecule has 0 spiro atoms. The summed E-state index contributed by atoms with van der Waals surface area (Å²) >= 11 is 0. The highest BCUT2D eigenvalue weighted by molar-refractivity contribution is 5.81. The van der Waals surface area contributed by atoms with Crippen molar-refractivity contribution >= 4 is 11.9 Å². The second-order valence-electron chi connectivity index (χ2n) is 8.51. The molecule has 0 bridgehead atoms. The molecule has 2 aliphatic heterocycles. The van der Waals surface area contributed by atoms with E-state index in [1.165, 1.54) is 20.8 Å². The first-order valence-electron chi connectivity index (χ1n) is 9.95. The molecule has 0 aromatic heterocycles. The maximum atomic E-state index is 12.4. The second-order valence-corrected chi connectivity index (χ2v) is 8.51. The molecule has 29 heavy (non-hydrogen) atoms. The maximum Gasteiger partial charge on any atom is 0.341 e. The summed E-state index contributed by atoms with van der Waals surface area (Å²) in [7, 11) is 0. The largest absolute Gasteiger partial charge is 0.459 e. The minimum absolute atomic E-state index is 0.109. The Bertz CT molecular complexity index is 647. The van der Waals surface area contributed by atoms with Gasteiger partial charge >= 0.3 is 11.9 Å². The smallest absolute Gasteiger partial charge is 0.341 e. The number of carbonyl (C=O) groups is 2. The zero-order valence-corrected chi connectivity index (χ0v) is 17.7. The lowest BCUT2D eigenvalue weighted by Gasteiger charge is -2.33. The van der Waals surface area contributed by atoms with Crippen LogP contribution in [-0.4, -0.2) is 92.5 Å². The summed E-state index contributed by atoms with van der Waals surface area (Å²) < 4.78 is 10.8. The third kappa shape index (κ3) is 4.49. The summed E-state index contributed by atoms with van der Waals surface area (Å²) in [5, 5.41) is 40.1. The lowest BCUT2D eigenvalue weighted by atomic mass is 9.85. The van der Waals surface area contributed by atoms with E-state index in [2.05, 4.69) is 4.90 Å². The van der Waals surface area contributed by atoms with E-state index in [0.29, 0.717) is 19.5 Å². The highest BCUT2D eigenvalue weighted by atomic mass is 16.6. The zero-order valence-electron chi connectivity index (χ0n) is 17.7. The van der Waals surface area contributed by atoms with Gasteiger partial charge in [0.25, 0.3) is 0 Å². The van der Waals surface area contributed by atoms with Gasteiger partial charge in [-0.1, -0.05) is 19.9 Å². The molecular formula is C20H33NO8. The highest BCUT2D eigenvalue weighted by Gasteiger charge is 2.48. The Labute approximate surface area is 170 Å². The molecule has 6 unspecified atom stereocenters. The number of hydrogen-bond donors (Lipinski definition) is 4. The van der Waals surface area contributed by atoms with Crippen molar-refractivity contribution < 1.29 is 39.5 Å². The lowest BCUT2D eigenvalue weighted by molar-refractivity contribution is -0.184. The molecule has 2 heterocycles. The molecule has 0 aromatic rings. The Kier molecular flexibility index (Phi) is 7.12. The molecule has 9 heteroatoms. The molecule has 0 amide bonds. The number of aliphatic hydroxyl groups excluding tert-OH is 2. The minimum Gasteiger partial charge on any atom is -0.459 e. The first-order valence-corrected chi connectivity index (χ1v) is 9.95. The van der Waals surface area contributed by atoms with Gasteiger partial charge in [-0.2, -0.15) is 0 Å². The van der Waals surface area contributed by atoms with Gasteiger partial charge in [-0.25, -0.2) is 9.59 Å². The van der Waals surface area contributed by atoms with E-state index in [4.69, 9.17) is 9.47 Å². The molecule has 1 saturated heterocycles. The average Bonchev–Trinajstić information content (AvgIpc) is 3.21. The van der Waals surface area contributed by atoms with Crippen LogP contribution in [0.4, 0.5) is 0 Å². The van der Waals surface area contributed by atoms with E-state index in [9.17, 15) is 30.0 Å². The van der Waals surface area contributed by atoms with Crippen molar-refractivity contribution in [2.45, 2.75) is 76.6 Å². The lowest BCUT2D eigenvalue weighted by Crippen LogP contribution is -2.53. The molecule has 0 aromatic carbocycles. The standard InChI is InChI=1S/C20H33NO8/c1-11(2)20(27,13(4)23)18(25)28-10-14-6-8-21-9-7-15(16(14)21)29-17(24)19(5,26)12(3)22/h6,11-13,15-16,22-23,26-27H,7-10H2,1-5H3. The topological polar surface area (TPSA) is 137 Å². The first-order chi connectivity index (χ1) is 13.3. The van der Waals surface area contributed by atoms with Gasteiger partial charge in [-0.3, -0.25) is 4.90 Å². The molecule has 2 rings (SSSR count).